The second-order valence-electron chi connectivity index (χ2n) is 5.54. The van der Waals surface area contributed by atoms with Gasteiger partial charge in [-0.15, -0.1) is 0 Å². The van der Waals surface area contributed by atoms with Crippen LogP contribution in [0.4, 0.5) is 4.39 Å². The van der Waals surface area contributed by atoms with Gasteiger partial charge in [0.15, 0.2) is 0 Å². The van der Waals surface area contributed by atoms with E-state index < -0.39 is 0 Å². The largest absolute Gasteiger partial charge is 0.494 e. The molecule has 0 spiro atoms. The van der Waals surface area contributed by atoms with Crippen LogP contribution in [0, 0.1) is 11.2 Å². The Morgan fingerprint density at radius 2 is 2.05 bits per heavy atom. The summed E-state index contributed by atoms with van der Waals surface area (Å²) in [7, 11) is 2.04. The van der Waals surface area contributed by atoms with Crippen molar-refractivity contribution in [3.8, 4) is 5.75 Å². The summed E-state index contributed by atoms with van der Waals surface area (Å²) >= 11 is 0. The first-order chi connectivity index (χ1) is 9.63. The lowest BCUT2D eigenvalue weighted by Crippen LogP contribution is -2.52. The third-order valence-electron chi connectivity index (χ3n) is 3.52. The van der Waals surface area contributed by atoms with Crippen LogP contribution in [0.15, 0.2) is 24.3 Å². The van der Waals surface area contributed by atoms with Crippen LogP contribution in [-0.4, -0.2) is 56.6 Å². The molecule has 0 bridgehead atoms. The molecule has 5 heteroatoms. The monoisotopic (exact) mass is 283 g/mol. The molecular weight excluding hydrogens is 261 g/mol. The topological polar surface area (TPSA) is 41.9 Å². The summed E-state index contributed by atoms with van der Waals surface area (Å²) in [5, 5.41) is 9.37. The molecule has 0 unspecified atom stereocenters. The summed E-state index contributed by atoms with van der Waals surface area (Å²) in [6.07, 6.45) is 0.885. The van der Waals surface area contributed by atoms with Gasteiger partial charge in [-0.05, 0) is 37.7 Å². The number of rotatable bonds is 8. The van der Waals surface area contributed by atoms with Crippen LogP contribution >= 0.6 is 0 Å². The predicted molar refractivity (Wildman–Crippen MR) is 74.3 cm³/mol. The van der Waals surface area contributed by atoms with Crippen molar-refractivity contribution in [3.63, 3.8) is 0 Å². The van der Waals surface area contributed by atoms with E-state index in [0.29, 0.717) is 25.6 Å². The van der Waals surface area contributed by atoms with E-state index in [1.165, 1.54) is 12.1 Å². The average Bonchev–Trinajstić information content (AvgIpc) is 2.41. The van der Waals surface area contributed by atoms with E-state index in [4.69, 9.17) is 9.47 Å². The summed E-state index contributed by atoms with van der Waals surface area (Å²) < 4.78 is 23.4. The van der Waals surface area contributed by atoms with Gasteiger partial charge in [0.25, 0.3) is 0 Å². The van der Waals surface area contributed by atoms with Crippen molar-refractivity contribution in [2.45, 2.75) is 6.42 Å². The van der Waals surface area contributed by atoms with Crippen LogP contribution < -0.4 is 4.74 Å². The molecule has 1 aromatic carbocycles. The molecule has 4 nitrogen and oxygen atoms in total. The van der Waals surface area contributed by atoms with Gasteiger partial charge in [0.05, 0.1) is 31.8 Å². The molecule has 0 aliphatic carbocycles. The first kappa shape index (κ1) is 15.2. The summed E-state index contributed by atoms with van der Waals surface area (Å²) in [5.74, 6) is 0.433. The normalized spacial score (nSPS) is 17.0. The molecule has 0 saturated carbocycles. The van der Waals surface area contributed by atoms with Gasteiger partial charge in [-0.2, -0.15) is 0 Å². The summed E-state index contributed by atoms with van der Waals surface area (Å²) in [4.78, 5) is 2.19. The van der Waals surface area contributed by atoms with E-state index in [2.05, 4.69) is 4.90 Å². The van der Waals surface area contributed by atoms with Gasteiger partial charge in [-0.25, -0.2) is 4.39 Å². The van der Waals surface area contributed by atoms with Crippen molar-refractivity contribution < 1.29 is 19.0 Å². The first-order valence-corrected chi connectivity index (χ1v) is 6.89. The Labute approximate surface area is 119 Å². The molecule has 20 heavy (non-hydrogen) atoms. The highest BCUT2D eigenvalue weighted by molar-refractivity contribution is 5.21. The lowest BCUT2D eigenvalue weighted by molar-refractivity contribution is -0.146. The minimum absolute atomic E-state index is 0.0768. The van der Waals surface area contributed by atoms with Crippen LogP contribution in [0.25, 0.3) is 0 Å². The number of ether oxygens (including phenoxy) is 2. The zero-order valence-corrected chi connectivity index (χ0v) is 11.8. The zero-order chi connectivity index (χ0) is 14.4. The van der Waals surface area contributed by atoms with Gasteiger partial charge in [0.2, 0.25) is 0 Å². The fraction of sp³-hybridized carbons (Fsp3) is 0.600. The van der Waals surface area contributed by atoms with E-state index in [1.54, 1.807) is 12.1 Å². The fourth-order valence-corrected chi connectivity index (χ4v) is 2.33. The zero-order valence-electron chi connectivity index (χ0n) is 11.8. The van der Waals surface area contributed by atoms with Gasteiger partial charge in [-0.3, -0.25) is 0 Å². The van der Waals surface area contributed by atoms with Crippen molar-refractivity contribution in [2.75, 3.05) is 46.6 Å². The number of nitrogens with zero attached hydrogens (tertiary/aromatic N) is 1. The van der Waals surface area contributed by atoms with Crippen LogP contribution in [0.3, 0.4) is 0 Å². The highest BCUT2D eigenvalue weighted by Gasteiger charge is 2.38. The Morgan fingerprint density at radius 3 is 2.60 bits per heavy atom. The van der Waals surface area contributed by atoms with E-state index >= 15 is 0 Å². The van der Waals surface area contributed by atoms with E-state index in [1.807, 2.05) is 7.05 Å². The third-order valence-corrected chi connectivity index (χ3v) is 3.52. The second-order valence-corrected chi connectivity index (χ2v) is 5.54. The Morgan fingerprint density at radius 1 is 1.35 bits per heavy atom. The van der Waals surface area contributed by atoms with Gasteiger partial charge in [0.1, 0.15) is 11.6 Å². The Bertz CT molecular complexity index is 401. The maximum atomic E-state index is 12.7. The maximum Gasteiger partial charge on any atom is 0.123 e. The van der Waals surface area contributed by atoms with Gasteiger partial charge in [-0.1, -0.05) is 0 Å². The number of halogens is 1. The van der Waals surface area contributed by atoms with Crippen LogP contribution in [0.5, 0.6) is 5.75 Å². The van der Waals surface area contributed by atoms with Crippen LogP contribution in [0.1, 0.15) is 6.42 Å². The van der Waals surface area contributed by atoms with Crippen molar-refractivity contribution in [3.05, 3.63) is 30.1 Å². The van der Waals surface area contributed by atoms with Gasteiger partial charge >= 0.3 is 0 Å². The molecule has 1 N–H and O–H groups in total. The molecule has 1 saturated heterocycles. The molecule has 0 amide bonds. The summed E-state index contributed by atoms with van der Waals surface area (Å²) in [5.41, 5.74) is -0.0768. The third kappa shape index (κ3) is 4.16. The Hall–Kier alpha value is -1.17. The average molecular weight is 283 g/mol. The Kier molecular flexibility index (Phi) is 5.34. The lowest BCUT2D eigenvalue weighted by atomic mass is 9.86. The van der Waals surface area contributed by atoms with Crippen molar-refractivity contribution >= 4 is 0 Å². The molecule has 2 rings (SSSR count). The van der Waals surface area contributed by atoms with E-state index in [-0.39, 0.29) is 17.8 Å². The molecule has 1 heterocycles. The van der Waals surface area contributed by atoms with Crippen LogP contribution in [-0.2, 0) is 4.74 Å². The number of aliphatic hydroxyl groups is 1. The highest BCUT2D eigenvalue weighted by Crippen LogP contribution is 2.27. The summed E-state index contributed by atoms with van der Waals surface area (Å²) in [6, 6.07) is 6.04. The number of hydrogen-bond acceptors (Lipinski definition) is 4. The number of hydrogen-bond donors (Lipinski definition) is 1. The predicted octanol–water partition coefficient (Wildman–Crippen LogP) is 1.54. The Balaban J connectivity index is 1.62. The smallest absolute Gasteiger partial charge is 0.123 e. The van der Waals surface area contributed by atoms with Crippen LogP contribution in [0.2, 0.25) is 0 Å². The molecule has 1 aliphatic heterocycles. The standard InChI is InChI=1S/C15H22FNO3/c1-17(9-15(10-18)11-19-12-15)7-2-8-20-14-5-3-13(16)4-6-14/h3-6,18H,2,7-12H2,1H3. The molecular formula is C15H22FNO3. The van der Waals surface area contributed by atoms with Crippen molar-refractivity contribution in [1.82, 2.24) is 4.90 Å². The van der Waals surface area contributed by atoms with E-state index in [9.17, 15) is 9.50 Å². The van der Waals surface area contributed by atoms with E-state index in [0.717, 1.165) is 19.5 Å². The minimum Gasteiger partial charge on any atom is -0.494 e. The molecule has 112 valence electrons. The minimum atomic E-state index is -0.255. The molecule has 1 aromatic rings. The molecule has 0 aromatic heterocycles. The molecule has 0 radical (unpaired) electrons. The maximum absolute atomic E-state index is 12.7. The molecule has 1 aliphatic rings. The van der Waals surface area contributed by atoms with Crippen molar-refractivity contribution in [1.29, 1.82) is 0 Å². The van der Waals surface area contributed by atoms with Gasteiger partial charge in [0, 0.05) is 13.1 Å². The molecule has 0 atom stereocenters. The van der Waals surface area contributed by atoms with Gasteiger partial charge < -0.3 is 19.5 Å². The molecule has 1 fully saturated rings. The first-order valence-electron chi connectivity index (χ1n) is 6.89. The second kappa shape index (κ2) is 7.02. The SMILES string of the molecule is CN(CCCOc1ccc(F)cc1)CC1(CO)COC1. The summed E-state index contributed by atoms with van der Waals surface area (Å²) in [6.45, 7) is 3.77. The number of aliphatic hydroxyl groups excluding tert-OH is 1. The van der Waals surface area contributed by atoms with Crippen molar-refractivity contribution in [2.24, 2.45) is 5.41 Å². The highest BCUT2D eigenvalue weighted by atomic mass is 19.1. The number of benzene rings is 1. The lowest BCUT2D eigenvalue weighted by Gasteiger charge is -2.42. The quantitative estimate of drug-likeness (QED) is 0.735. The fourth-order valence-electron chi connectivity index (χ4n) is 2.33.